The summed E-state index contributed by atoms with van der Waals surface area (Å²) in [5.41, 5.74) is 3.01. The number of nitrogens with zero attached hydrogens (tertiary/aromatic N) is 3. The highest BCUT2D eigenvalue weighted by molar-refractivity contribution is 5.96. The Bertz CT molecular complexity index is 856. The molecule has 1 aliphatic rings. The van der Waals surface area contributed by atoms with Crippen LogP contribution in [0.2, 0.25) is 0 Å². The summed E-state index contributed by atoms with van der Waals surface area (Å²) in [6.07, 6.45) is 0.393. The van der Waals surface area contributed by atoms with E-state index in [1.54, 1.807) is 4.90 Å². The van der Waals surface area contributed by atoms with Crippen molar-refractivity contribution in [3.63, 3.8) is 0 Å². The lowest BCUT2D eigenvalue weighted by Gasteiger charge is -2.15. The number of para-hydroxylation sites is 1. The van der Waals surface area contributed by atoms with E-state index in [0.29, 0.717) is 24.7 Å². The van der Waals surface area contributed by atoms with Crippen LogP contribution in [0.4, 0.5) is 5.69 Å². The molecule has 2 heterocycles. The Morgan fingerprint density at radius 1 is 1.08 bits per heavy atom. The van der Waals surface area contributed by atoms with E-state index in [1.165, 1.54) is 5.56 Å². The number of hydrogen-bond donors (Lipinski definition) is 0. The lowest BCUT2D eigenvalue weighted by Crippen LogP contribution is -2.24. The third-order valence-electron chi connectivity index (χ3n) is 4.29. The van der Waals surface area contributed by atoms with Crippen molar-refractivity contribution < 1.29 is 9.32 Å². The van der Waals surface area contributed by atoms with Gasteiger partial charge in [0.15, 0.2) is 0 Å². The smallest absolute Gasteiger partial charge is 0.232 e. The van der Waals surface area contributed by atoms with Gasteiger partial charge in [0.25, 0.3) is 0 Å². The largest absolute Gasteiger partial charge is 0.339 e. The average molecular weight is 319 g/mol. The molecule has 2 aromatic carbocycles. The van der Waals surface area contributed by atoms with E-state index < -0.39 is 0 Å². The first kappa shape index (κ1) is 14.6. The molecule has 1 aliphatic heterocycles. The van der Waals surface area contributed by atoms with Crippen LogP contribution in [-0.4, -0.2) is 22.6 Å². The third-order valence-corrected chi connectivity index (χ3v) is 4.29. The van der Waals surface area contributed by atoms with Gasteiger partial charge in [-0.1, -0.05) is 53.2 Å². The first-order valence-corrected chi connectivity index (χ1v) is 7.97. The van der Waals surface area contributed by atoms with Crippen molar-refractivity contribution in [1.29, 1.82) is 0 Å². The number of benzene rings is 2. The first-order chi connectivity index (χ1) is 11.7. The number of rotatable bonds is 3. The summed E-state index contributed by atoms with van der Waals surface area (Å²) in [4.78, 5) is 18.6. The molecule has 0 saturated carbocycles. The standard InChI is InChI=1S/C19H17N3O2/c1-13-7-9-14(10-8-13)18-20-19(24-21-18)15-11-17(23)22(12-15)16-5-3-2-4-6-16/h2-10,15H,11-12H2,1H3/t15-/m0/s1. The normalized spacial score (nSPS) is 17.5. The topological polar surface area (TPSA) is 59.2 Å². The summed E-state index contributed by atoms with van der Waals surface area (Å²) in [5.74, 6) is 1.11. The molecule has 1 saturated heterocycles. The minimum absolute atomic E-state index is 0.0654. The van der Waals surface area contributed by atoms with Gasteiger partial charge < -0.3 is 9.42 Å². The van der Waals surface area contributed by atoms with E-state index >= 15 is 0 Å². The Morgan fingerprint density at radius 3 is 2.58 bits per heavy atom. The lowest BCUT2D eigenvalue weighted by atomic mass is 10.1. The molecule has 5 heteroatoms. The van der Waals surface area contributed by atoms with Crippen molar-refractivity contribution in [2.75, 3.05) is 11.4 Å². The highest BCUT2D eigenvalue weighted by Crippen LogP contribution is 2.31. The summed E-state index contributed by atoms with van der Waals surface area (Å²) in [6, 6.07) is 17.6. The molecule has 1 fully saturated rings. The molecule has 1 atom stereocenters. The molecule has 0 N–H and O–H groups in total. The number of aryl methyl sites for hydroxylation is 1. The van der Waals surface area contributed by atoms with Gasteiger partial charge in [0.1, 0.15) is 0 Å². The second-order valence-electron chi connectivity index (χ2n) is 6.06. The van der Waals surface area contributed by atoms with Gasteiger partial charge >= 0.3 is 0 Å². The number of aromatic nitrogens is 2. The number of carbonyl (C=O) groups is 1. The van der Waals surface area contributed by atoms with Crippen molar-refractivity contribution in [2.24, 2.45) is 0 Å². The van der Waals surface area contributed by atoms with Crippen LogP contribution in [0.3, 0.4) is 0 Å². The average Bonchev–Trinajstić information content (AvgIpc) is 3.23. The van der Waals surface area contributed by atoms with Gasteiger partial charge in [-0.25, -0.2) is 0 Å². The molecule has 4 rings (SSSR count). The quantitative estimate of drug-likeness (QED) is 0.740. The molecular weight excluding hydrogens is 302 g/mol. The van der Waals surface area contributed by atoms with E-state index in [0.717, 1.165) is 11.3 Å². The van der Waals surface area contributed by atoms with Crippen molar-refractivity contribution in [3.8, 4) is 11.4 Å². The van der Waals surface area contributed by atoms with Crippen LogP contribution < -0.4 is 4.90 Å². The molecule has 120 valence electrons. The van der Waals surface area contributed by atoms with E-state index in [2.05, 4.69) is 10.1 Å². The van der Waals surface area contributed by atoms with Gasteiger partial charge in [-0.05, 0) is 19.1 Å². The molecule has 24 heavy (non-hydrogen) atoms. The van der Waals surface area contributed by atoms with Crippen LogP contribution in [0.15, 0.2) is 59.1 Å². The van der Waals surface area contributed by atoms with Gasteiger partial charge in [-0.2, -0.15) is 4.98 Å². The maximum atomic E-state index is 12.3. The number of anilines is 1. The van der Waals surface area contributed by atoms with Crippen molar-refractivity contribution in [2.45, 2.75) is 19.3 Å². The lowest BCUT2D eigenvalue weighted by molar-refractivity contribution is -0.117. The summed E-state index contributed by atoms with van der Waals surface area (Å²) >= 11 is 0. The monoisotopic (exact) mass is 319 g/mol. The summed E-state index contributed by atoms with van der Waals surface area (Å²) in [7, 11) is 0. The molecule has 1 amide bonds. The van der Waals surface area contributed by atoms with E-state index in [4.69, 9.17) is 4.52 Å². The molecule has 0 radical (unpaired) electrons. The fourth-order valence-corrected chi connectivity index (χ4v) is 2.95. The minimum Gasteiger partial charge on any atom is -0.339 e. The fourth-order valence-electron chi connectivity index (χ4n) is 2.95. The molecule has 0 aliphatic carbocycles. The van der Waals surface area contributed by atoms with Gasteiger partial charge in [0.2, 0.25) is 17.6 Å². The summed E-state index contributed by atoms with van der Waals surface area (Å²) in [6.45, 7) is 2.60. The van der Waals surface area contributed by atoms with Crippen molar-refractivity contribution in [1.82, 2.24) is 10.1 Å². The highest BCUT2D eigenvalue weighted by Gasteiger charge is 2.35. The highest BCUT2D eigenvalue weighted by atomic mass is 16.5. The number of carbonyl (C=O) groups excluding carboxylic acids is 1. The van der Waals surface area contributed by atoms with E-state index in [-0.39, 0.29) is 11.8 Å². The van der Waals surface area contributed by atoms with Crippen LogP contribution in [-0.2, 0) is 4.79 Å². The van der Waals surface area contributed by atoms with E-state index in [9.17, 15) is 4.79 Å². The zero-order valence-electron chi connectivity index (χ0n) is 13.3. The first-order valence-electron chi connectivity index (χ1n) is 7.97. The SMILES string of the molecule is Cc1ccc(-c2noc([C@H]3CC(=O)N(c4ccccc4)C3)n2)cc1. The van der Waals surface area contributed by atoms with Crippen LogP contribution in [0, 0.1) is 6.92 Å². The van der Waals surface area contributed by atoms with Gasteiger partial charge in [-0.15, -0.1) is 0 Å². The Morgan fingerprint density at radius 2 is 1.83 bits per heavy atom. The third kappa shape index (κ3) is 2.69. The van der Waals surface area contributed by atoms with Crippen LogP contribution in [0.5, 0.6) is 0 Å². The molecule has 1 aromatic heterocycles. The molecule has 0 spiro atoms. The zero-order chi connectivity index (χ0) is 16.5. The van der Waals surface area contributed by atoms with E-state index in [1.807, 2.05) is 61.5 Å². The van der Waals surface area contributed by atoms with Crippen LogP contribution >= 0.6 is 0 Å². The van der Waals surface area contributed by atoms with Crippen LogP contribution in [0.1, 0.15) is 23.8 Å². The molecule has 0 bridgehead atoms. The molecule has 3 aromatic rings. The van der Waals surface area contributed by atoms with Crippen molar-refractivity contribution in [3.05, 3.63) is 66.1 Å². The van der Waals surface area contributed by atoms with Crippen molar-refractivity contribution >= 4 is 11.6 Å². The Balaban J connectivity index is 1.55. The molecule has 0 unspecified atom stereocenters. The van der Waals surface area contributed by atoms with Gasteiger partial charge in [0.05, 0.1) is 5.92 Å². The Kier molecular flexibility index (Phi) is 3.61. The maximum absolute atomic E-state index is 12.3. The maximum Gasteiger partial charge on any atom is 0.232 e. The predicted molar refractivity (Wildman–Crippen MR) is 90.6 cm³/mol. The van der Waals surface area contributed by atoms with Crippen LogP contribution in [0.25, 0.3) is 11.4 Å². The summed E-state index contributed by atoms with van der Waals surface area (Å²) < 4.78 is 5.43. The second-order valence-corrected chi connectivity index (χ2v) is 6.06. The minimum atomic E-state index is -0.0654. The number of hydrogen-bond acceptors (Lipinski definition) is 4. The molecular formula is C19H17N3O2. The summed E-state index contributed by atoms with van der Waals surface area (Å²) in [5, 5.41) is 4.07. The Hall–Kier alpha value is -2.95. The Labute approximate surface area is 139 Å². The van der Waals surface area contributed by atoms with Gasteiger partial charge in [0, 0.05) is 24.2 Å². The number of amides is 1. The fraction of sp³-hybridized carbons (Fsp3) is 0.211. The molecule has 5 nitrogen and oxygen atoms in total. The van der Waals surface area contributed by atoms with Gasteiger partial charge in [-0.3, -0.25) is 4.79 Å². The zero-order valence-corrected chi connectivity index (χ0v) is 13.3. The second kappa shape index (κ2) is 5.92. The predicted octanol–water partition coefficient (Wildman–Crippen LogP) is 3.57.